The summed E-state index contributed by atoms with van der Waals surface area (Å²) in [5, 5.41) is 2.55. The normalized spacial score (nSPS) is 11.3. The molecule has 0 atom stereocenters. The van der Waals surface area contributed by atoms with E-state index in [1.165, 1.54) is 27.5 Å². The van der Waals surface area contributed by atoms with Crippen LogP contribution in [-0.2, 0) is 0 Å². The zero-order chi connectivity index (χ0) is 11.9. The fraction of sp³-hybridized carbons (Fsp3) is 0. The van der Waals surface area contributed by atoms with E-state index in [0.29, 0.717) is 0 Å². The monoisotopic (exact) mass is 232 g/mol. The Bertz CT molecular complexity index is 823. The van der Waals surface area contributed by atoms with Crippen molar-refractivity contribution in [1.82, 2.24) is 9.55 Å². The lowest BCUT2D eigenvalue weighted by Gasteiger charge is -2.02. The fourth-order valence-corrected chi connectivity index (χ4v) is 2.50. The van der Waals surface area contributed by atoms with Crippen molar-refractivity contribution in [3.05, 3.63) is 67.0 Å². The molecule has 0 aliphatic carbocycles. The number of benzene rings is 2. The first kappa shape index (κ1) is 9.54. The van der Waals surface area contributed by atoms with E-state index in [1.807, 2.05) is 12.1 Å². The molecular weight excluding hydrogens is 220 g/mol. The smallest absolute Gasteiger partial charge is 0.0466 e. The summed E-state index contributed by atoms with van der Waals surface area (Å²) in [4.78, 5) is 3.44. The second-order valence-electron chi connectivity index (χ2n) is 4.49. The van der Waals surface area contributed by atoms with Gasteiger partial charge in [-0.25, -0.2) is 0 Å². The zero-order valence-corrected chi connectivity index (χ0v) is 9.80. The Morgan fingerprint density at radius 1 is 0.722 bits per heavy atom. The van der Waals surface area contributed by atoms with Crippen molar-refractivity contribution in [2.75, 3.05) is 0 Å². The Balaban J connectivity index is 2.07. The maximum atomic E-state index is 3.44. The molecule has 2 aromatic carbocycles. The summed E-state index contributed by atoms with van der Waals surface area (Å²) in [6.07, 6.45) is 4.13. The van der Waals surface area contributed by atoms with Crippen LogP contribution in [0.4, 0.5) is 0 Å². The minimum Gasteiger partial charge on any atom is -0.355 e. The van der Waals surface area contributed by atoms with E-state index in [4.69, 9.17) is 0 Å². The lowest BCUT2D eigenvalue weighted by Crippen LogP contribution is -1.88. The lowest BCUT2D eigenvalue weighted by molar-refractivity contribution is 1.08. The number of H-pyrrole nitrogens is 1. The first-order valence-corrected chi connectivity index (χ1v) is 6.06. The van der Waals surface area contributed by atoms with Gasteiger partial charge in [0, 0.05) is 39.9 Å². The number of fused-ring (bicyclic) bond motifs is 3. The molecule has 2 heterocycles. The molecule has 86 valence electrons. The number of para-hydroxylation sites is 1. The summed E-state index contributed by atoms with van der Waals surface area (Å²) in [5.74, 6) is 0. The summed E-state index contributed by atoms with van der Waals surface area (Å²) >= 11 is 0. The first-order chi connectivity index (χ1) is 8.92. The van der Waals surface area contributed by atoms with Crippen LogP contribution in [0.5, 0.6) is 0 Å². The molecule has 0 aliphatic rings. The average Bonchev–Trinajstić information content (AvgIpc) is 3.05. The van der Waals surface area contributed by atoms with Crippen molar-refractivity contribution >= 4 is 21.8 Å². The topological polar surface area (TPSA) is 20.7 Å². The van der Waals surface area contributed by atoms with Gasteiger partial charge in [-0.2, -0.15) is 0 Å². The van der Waals surface area contributed by atoms with Crippen molar-refractivity contribution in [3.63, 3.8) is 0 Å². The van der Waals surface area contributed by atoms with Crippen LogP contribution in [0, 0.1) is 0 Å². The van der Waals surface area contributed by atoms with Crippen LogP contribution < -0.4 is 0 Å². The van der Waals surface area contributed by atoms with E-state index in [1.54, 1.807) is 0 Å². The SMILES string of the molecule is c1ccc2c(c1)[nH]c1ccc(-n3cccc3)cc12. The third-order valence-electron chi connectivity index (χ3n) is 3.39. The molecule has 2 nitrogen and oxygen atoms in total. The number of hydrogen-bond acceptors (Lipinski definition) is 0. The second kappa shape index (κ2) is 3.50. The maximum Gasteiger partial charge on any atom is 0.0466 e. The van der Waals surface area contributed by atoms with Crippen LogP contribution in [0.1, 0.15) is 0 Å². The second-order valence-corrected chi connectivity index (χ2v) is 4.49. The molecule has 0 aliphatic heterocycles. The Morgan fingerprint density at radius 3 is 2.39 bits per heavy atom. The number of nitrogens with one attached hydrogen (secondary N) is 1. The molecule has 0 saturated heterocycles. The highest BCUT2D eigenvalue weighted by atomic mass is 14.9. The Labute approximate surface area is 104 Å². The summed E-state index contributed by atoms with van der Waals surface area (Å²) in [6.45, 7) is 0. The van der Waals surface area contributed by atoms with Crippen molar-refractivity contribution in [3.8, 4) is 5.69 Å². The van der Waals surface area contributed by atoms with Gasteiger partial charge < -0.3 is 9.55 Å². The largest absolute Gasteiger partial charge is 0.355 e. The highest BCUT2D eigenvalue weighted by Gasteiger charge is 2.04. The van der Waals surface area contributed by atoms with Gasteiger partial charge in [0.05, 0.1) is 0 Å². The van der Waals surface area contributed by atoms with Gasteiger partial charge in [0.15, 0.2) is 0 Å². The van der Waals surface area contributed by atoms with Crippen LogP contribution in [0.25, 0.3) is 27.5 Å². The highest BCUT2D eigenvalue weighted by Crippen LogP contribution is 2.27. The van der Waals surface area contributed by atoms with E-state index in [2.05, 4.69) is 64.4 Å². The molecule has 0 fully saturated rings. The fourth-order valence-electron chi connectivity index (χ4n) is 2.50. The molecule has 0 amide bonds. The van der Waals surface area contributed by atoms with Crippen molar-refractivity contribution in [2.45, 2.75) is 0 Å². The maximum absolute atomic E-state index is 3.44. The van der Waals surface area contributed by atoms with Crippen LogP contribution in [0.2, 0.25) is 0 Å². The van der Waals surface area contributed by atoms with Crippen molar-refractivity contribution in [2.24, 2.45) is 0 Å². The van der Waals surface area contributed by atoms with E-state index in [0.717, 1.165) is 0 Å². The van der Waals surface area contributed by atoms with Gasteiger partial charge in [0.25, 0.3) is 0 Å². The number of aromatic amines is 1. The predicted molar refractivity (Wildman–Crippen MR) is 75.1 cm³/mol. The van der Waals surface area contributed by atoms with Gasteiger partial charge in [0.2, 0.25) is 0 Å². The van der Waals surface area contributed by atoms with Gasteiger partial charge in [-0.1, -0.05) is 18.2 Å². The van der Waals surface area contributed by atoms with Crippen molar-refractivity contribution < 1.29 is 0 Å². The minimum absolute atomic E-state index is 1.19. The molecule has 0 bridgehead atoms. The molecule has 18 heavy (non-hydrogen) atoms. The number of rotatable bonds is 1. The minimum atomic E-state index is 1.19. The molecule has 1 N–H and O–H groups in total. The third kappa shape index (κ3) is 1.29. The van der Waals surface area contributed by atoms with Gasteiger partial charge in [0.1, 0.15) is 0 Å². The summed E-state index contributed by atoms with van der Waals surface area (Å²) in [6, 6.07) is 19.0. The van der Waals surface area contributed by atoms with Gasteiger partial charge >= 0.3 is 0 Å². The molecule has 0 saturated carbocycles. The number of nitrogens with zero attached hydrogens (tertiary/aromatic N) is 1. The average molecular weight is 232 g/mol. The van der Waals surface area contributed by atoms with Gasteiger partial charge in [-0.05, 0) is 36.4 Å². The van der Waals surface area contributed by atoms with Crippen LogP contribution in [0.15, 0.2) is 67.0 Å². The van der Waals surface area contributed by atoms with E-state index < -0.39 is 0 Å². The lowest BCUT2D eigenvalue weighted by atomic mass is 10.1. The van der Waals surface area contributed by atoms with Crippen LogP contribution in [0.3, 0.4) is 0 Å². The number of aromatic nitrogens is 2. The third-order valence-corrected chi connectivity index (χ3v) is 3.39. The molecule has 4 rings (SSSR count). The molecule has 0 spiro atoms. The number of hydrogen-bond donors (Lipinski definition) is 1. The zero-order valence-electron chi connectivity index (χ0n) is 9.80. The van der Waals surface area contributed by atoms with Gasteiger partial charge in [-0.3, -0.25) is 0 Å². The molecular formula is C16H12N2. The summed E-state index contributed by atoms with van der Waals surface area (Å²) in [7, 11) is 0. The van der Waals surface area contributed by atoms with E-state index in [9.17, 15) is 0 Å². The van der Waals surface area contributed by atoms with Crippen LogP contribution >= 0.6 is 0 Å². The molecule has 2 heteroatoms. The Kier molecular flexibility index (Phi) is 1.86. The molecule has 2 aromatic heterocycles. The summed E-state index contributed by atoms with van der Waals surface area (Å²) in [5.41, 5.74) is 3.57. The Morgan fingerprint density at radius 2 is 1.50 bits per heavy atom. The first-order valence-electron chi connectivity index (χ1n) is 6.06. The predicted octanol–water partition coefficient (Wildman–Crippen LogP) is 4.11. The standard InChI is InChI=1S/C16H12N2/c1-2-6-15-13(5-1)14-11-12(7-8-16(14)17-15)18-9-3-4-10-18/h1-11,17H. The van der Waals surface area contributed by atoms with Gasteiger partial charge in [-0.15, -0.1) is 0 Å². The summed E-state index contributed by atoms with van der Waals surface area (Å²) < 4.78 is 2.13. The molecule has 4 aromatic rings. The highest BCUT2D eigenvalue weighted by molar-refractivity contribution is 6.07. The van der Waals surface area contributed by atoms with Crippen LogP contribution in [-0.4, -0.2) is 9.55 Å². The Hall–Kier alpha value is -2.48. The van der Waals surface area contributed by atoms with E-state index in [-0.39, 0.29) is 0 Å². The molecule has 0 unspecified atom stereocenters. The van der Waals surface area contributed by atoms with Crippen molar-refractivity contribution in [1.29, 1.82) is 0 Å². The van der Waals surface area contributed by atoms with E-state index >= 15 is 0 Å². The molecule has 0 radical (unpaired) electrons. The quantitative estimate of drug-likeness (QED) is 0.510.